The Morgan fingerprint density at radius 2 is 1.92 bits per heavy atom. The first-order valence-electron chi connectivity index (χ1n) is 8.05. The van der Waals surface area contributed by atoms with Gasteiger partial charge in [0, 0.05) is 29.7 Å². The molecule has 134 valence electrons. The van der Waals surface area contributed by atoms with Gasteiger partial charge in [-0.2, -0.15) is 0 Å². The second-order valence-corrected chi connectivity index (χ2v) is 6.10. The Hall–Kier alpha value is -2.99. The van der Waals surface area contributed by atoms with Gasteiger partial charge in [0.05, 0.1) is 12.7 Å². The van der Waals surface area contributed by atoms with Crippen LogP contribution in [-0.4, -0.2) is 23.5 Å². The van der Waals surface area contributed by atoms with Gasteiger partial charge in [-0.05, 0) is 35.7 Å². The van der Waals surface area contributed by atoms with E-state index in [9.17, 15) is 9.59 Å². The highest BCUT2D eigenvalue weighted by Crippen LogP contribution is 2.22. The Balaban J connectivity index is 1.55. The minimum Gasteiger partial charge on any atom is -0.496 e. The Kier molecular flexibility index (Phi) is 5.43. The SMILES string of the molecule is COc1cc(Cl)ccc1C(=O)NNC(=O)CCn1ccc2ccccc21. The van der Waals surface area contributed by atoms with Gasteiger partial charge in [0.25, 0.3) is 5.91 Å². The molecule has 0 spiro atoms. The number of para-hydroxylation sites is 1. The molecule has 0 bridgehead atoms. The molecule has 1 aromatic heterocycles. The van der Waals surface area contributed by atoms with Crippen LogP contribution in [0.4, 0.5) is 0 Å². The average molecular weight is 372 g/mol. The third-order valence-corrected chi connectivity index (χ3v) is 4.22. The monoisotopic (exact) mass is 371 g/mol. The number of hydrogen-bond donors (Lipinski definition) is 2. The molecule has 2 aromatic carbocycles. The summed E-state index contributed by atoms with van der Waals surface area (Å²) in [5.41, 5.74) is 6.16. The fourth-order valence-electron chi connectivity index (χ4n) is 2.67. The predicted octanol–water partition coefficient (Wildman–Crippen LogP) is 3.15. The largest absolute Gasteiger partial charge is 0.496 e. The Morgan fingerprint density at radius 3 is 2.73 bits per heavy atom. The number of benzene rings is 2. The van der Waals surface area contributed by atoms with Gasteiger partial charge in [-0.15, -0.1) is 0 Å². The van der Waals surface area contributed by atoms with Crippen LogP contribution in [0.1, 0.15) is 16.8 Å². The Bertz CT molecular complexity index is 952. The zero-order valence-corrected chi connectivity index (χ0v) is 14.9. The van der Waals surface area contributed by atoms with Crippen LogP contribution in [0.3, 0.4) is 0 Å². The molecule has 0 aliphatic rings. The van der Waals surface area contributed by atoms with Crippen LogP contribution in [0.15, 0.2) is 54.7 Å². The molecule has 0 atom stereocenters. The first kappa shape index (κ1) is 17.8. The van der Waals surface area contributed by atoms with Crippen molar-refractivity contribution in [3.05, 3.63) is 65.3 Å². The lowest BCUT2D eigenvalue weighted by Gasteiger charge is -2.11. The quantitative estimate of drug-likeness (QED) is 0.677. The number of nitrogens with zero attached hydrogens (tertiary/aromatic N) is 1. The van der Waals surface area contributed by atoms with E-state index in [1.807, 2.05) is 41.1 Å². The number of halogens is 1. The van der Waals surface area contributed by atoms with E-state index in [1.165, 1.54) is 19.2 Å². The number of carbonyl (C=O) groups excluding carboxylic acids is 2. The van der Waals surface area contributed by atoms with E-state index in [-0.39, 0.29) is 17.9 Å². The maximum atomic E-state index is 12.2. The van der Waals surface area contributed by atoms with Crippen LogP contribution < -0.4 is 15.6 Å². The van der Waals surface area contributed by atoms with Crippen LogP contribution in [0.2, 0.25) is 5.02 Å². The summed E-state index contributed by atoms with van der Waals surface area (Å²) in [5.74, 6) is -0.426. The van der Waals surface area contributed by atoms with Crippen molar-refractivity contribution in [3.8, 4) is 5.75 Å². The van der Waals surface area contributed by atoms with Gasteiger partial charge < -0.3 is 9.30 Å². The molecular weight excluding hydrogens is 354 g/mol. The van der Waals surface area contributed by atoms with Crippen molar-refractivity contribution in [2.45, 2.75) is 13.0 Å². The highest BCUT2D eigenvalue weighted by Gasteiger charge is 2.13. The smallest absolute Gasteiger partial charge is 0.273 e. The highest BCUT2D eigenvalue weighted by molar-refractivity contribution is 6.30. The normalized spacial score (nSPS) is 10.5. The Labute approximate surface area is 155 Å². The summed E-state index contributed by atoms with van der Waals surface area (Å²) in [7, 11) is 1.45. The number of hydrogen-bond acceptors (Lipinski definition) is 3. The summed E-state index contributed by atoms with van der Waals surface area (Å²) >= 11 is 5.88. The van der Waals surface area contributed by atoms with Gasteiger partial charge in [-0.3, -0.25) is 20.4 Å². The van der Waals surface area contributed by atoms with Crippen LogP contribution in [0, 0.1) is 0 Å². The average Bonchev–Trinajstić information content (AvgIpc) is 3.07. The number of fused-ring (bicyclic) bond motifs is 1. The lowest BCUT2D eigenvalue weighted by atomic mass is 10.2. The minimum absolute atomic E-state index is 0.233. The number of carbonyl (C=O) groups is 2. The van der Waals surface area contributed by atoms with Crippen molar-refractivity contribution in [2.75, 3.05) is 7.11 Å². The minimum atomic E-state index is -0.474. The van der Waals surface area contributed by atoms with E-state index in [4.69, 9.17) is 16.3 Å². The second-order valence-electron chi connectivity index (χ2n) is 5.66. The molecule has 0 radical (unpaired) electrons. The third-order valence-electron chi connectivity index (χ3n) is 3.98. The van der Waals surface area contributed by atoms with Crippen LogP contribution in [0.25, 0.3) is 10.9 Å². The van der Waals surface area contributed by atoms with Crippen molar-refractivity contribution < 1.29 is 14.3 Å². The number of nitrogens with one attached hydrogen (secondary N) is 2. The number of hydrazine groups is 1. The van der Waals surface area contributed by atoms with Crippen molar-refractivity contribution in [1.82, 2.24) is 15.4 Å². The van der Waals surface area contributed by atoms with E-state index in [2.05, 4.69) is 10.9 Å². The van der Waals surface area contributed by atoms with Crippen molar-refractivity contribution in [1.29, 1.82) is 0 Å². The van der Waals surface area contributed by atoms with E-state index >= 15 is 0 Å². The number of ether oxygens (including phenoxy) is 1. The van der Waals surface area contributed by atoms with Gasteiger partial charge in [-0.25, -0.2) is 0 Å². The number of amides is 2. The van der Waals surface area contributed by atoms with Gasteiger partial charge >= 0.3 is 0 Å². The summed E-state index contributed by atoms with van der Waals surface area (Å²) in [4.78, 5) is 24.2. The fourth-order valence-corrected chi connectivity index (χ4v) is 2.83. The third kappa shape index (κ3) is 3.97. The summed E-state index contributed by atoms with van der Waals surface area (Å²) in [6.45, 7) is 0.513. The molecule has 0 unspecified atom stereocenters. The molecule has 3 aromatic rings. The van der Waals surface area contributed by atoms with Crippen LogP contribution in [-0.2, 0) is 11.3 Å². The first-order valence-corrected chi connectivity index (χ1v) is 8.43. The molecular formula is C19H18ClN3O3. The zero-order valence-electron chi connectivity index (χ0n) is 14.2. The summed E-state index contributed by atoms with van der Waals surface area (Å²) in [5, 5.41) is 1.58. The zero-order chi connectivity index (χ0) is 18.5. The molecule has 1 heterocycles. The maximum absolute atomic E-state index is 12.2. The molecule has 0 fully saturated rings. The highest BCUT2D eigenvalue weighted by atomic mass is 35.5. The summed E-state index contributed by atoms with van der Waals surface area (Å²) < 4.78 is 7.13. The Morgan fingerprint density at radius 1 is 1.12 bits per heavy atom. The predicted molar refractivity (Wildman–Crippen MR) is 100 cm³/mol. The number of aryl methyl sites for hydroxylation is 1. The summed E-state index contributed by atoms with van der Waals surface area (Å²) in [6.07, 6.45) is 2.17. The summed E-state index contributed by atoms with van der Waals surface area (Å²) in [6, 6.07) is 14.6. The molecule has 0 aliphatic heterocycles. The fraction of sp³-hybridized carbons (Fsp3) is 0.158. The lowest BCUT2D eigenvalue weighted by molar-refractivity contribution is -0.122. The molecule has 7 heteroatoms. The van der Waals surface area contributed by atoms with E-state index in [0.717, 1.165) is 10.9 Å². The molecule has 2 amide bonds. The molecule has 2 N–H and O–H groups in total. The lowest BCUT2D eigenvalue weighted by Crippen LogP contribution is -2.42. The van der Waals surface area contributed by atoms with Crippen molar-refractivity contribution in [2.24, 2.45) is 0 Å². The number of aromatic nitrogens is 1. The second kappa shape index (κ2) is 7.93. The van der Waals surface area contributed by atoms with Crippen molar-refractivity contribution in [3.63, 3.8) is 0 Å². The van der Waals surface area contributed by atoms with Gasteiger partial charge in [0.15, 0.2) is 0 Å². The maximum Gasteiger partial charge on any atom is 0.273 e. The van der Waals surface area contributed by atoms with E-state index < -0.39 is 5.91 Å². The van der Waals surface area contributed by atoms with Crippen LogP contribution in [0.5, 0.6) is 5.75 Å². The van der Waals surface area contributed by atoms with E-state index in [0.29, 0.717) is 17.3 Å². The number of methoxy groups -OCH3 is 1. The molecule has 6 nitrogen and oxygen atoms in total. The molecule has 0 saturated carbocycles. The van der Waals surface area contributed by atoms with Gasteiger partial charge in [0.2, 0.25) is 5.91 Å². The first-order chi connectivity index (χ1) is 12.6. The number of rotatable bonds is 5. The molecule has 0 aliphatic carbocycles. The van der Waals surface area contributed by atoms with Gasteiger partial charge in [-0.1, -0.05) is 29.8 Å². The van der Waals surface area contributed by atoms with E-state index in [1.54, 1.807) is 6.07 Å². The van der Waals surface area contributed by atoms with Gasteiger partial charge in [0.1, 0.15) is 5.75 Å². The molecule has 26 heavy (non-hydrogen) atoms. The van der Waals surface area contributed by atoms with Crippen molar-refractivity contribution >= 4 is 34.3 Å². The van der Waals surface area contributed by atoms with Crippen LogP contribution >= 0.6 is 11.6 Å². The molecule has 3 rings (SSSR count). The topological polar surface area (TPSA) is 72.4 Å². The molecule has 0 saturated heterocycles. The standard InChI is InChI=1S/C19H18ClN3O3/c1-26-17-12-14(20)6-7-15(17)19(25)22-21-18(24)9-11-23-10-8-13-4-2-3-5-16(13)23/h2-8,10,12H,9,11H2,1H3,(H,21,24)(H,22,25).